The van der Waals surface area contributed by atoms with Crippen LogP contribution in [0.4, 0.5) is 11.4 Å². The zero-order valence-electron chi connectivity index (χ0n) is 15.9. The van der Waals surface area contributed by atoms with Crippen LogP contribution < -0.4 is 16.0 Å². The Kier molecular flexibility index (Phi) is 5.08. The predicted molar refractivity (Wildman–Crippen MR) is 102 cm³/mol. The lowest BCUT2D eigenvalue weighted by molar-refractivity contribution is -0.166. The highest BCUT2D eigenvalue weighted by molar-refractivity contribution is 6.01. The number of nitrogens with zero attached hydrogens (tertiary/aromatic N) is 1. The van der Waals surface area contributed by atoms with E-state index in [9.17, 15) is 9.59 Å². The van der Waals surface area contributed by atoms with Crippen molar-refractivity contribution in [2.75, 3.05) is 23.4 Å². The van der Waals surface area contributed by atoms with Crippen LogP contribution in [-0.4, -0.2) is 36.6 Å². The van der Waals surface area contributed by atoms with Crippen LogP contribution in [0.5, 0.6) is 0 Å². The highest BCUT2D eigenvalue weighted by Crippen LogP contribution is 2.50. The first-order chi connectivity index (χ1) is 12.3. The number of piperidine rings is 1. The molecule has 2 amide bonds. The van der Waals surface area contributed by atoms with Gasteiger partial charge in [-0.2, -0.15) is 0 Å². The van der Waals surface area contributed by atoms with Crippen molar-refractivity contribution in [3.8, 4) is 0 Å². The molecule has 2 fully saturated rings. The van der Waals surface area contributed by atoms with E-state index >= 15 is 0 Å². The number of anilines is 2. The molecule has 1 saturated carbocycles. The van der Waals surface area contributed by atoms with E-state index < -0.39 is 11.0 Å². The Bertz CT molecular complexity index is 703. The van der Waals surface area contributed by atoms with Crippen molar-refractivity contribution in [1.29, 1.82) is 0 Å². The minimum Gasteiger partial charge on any atom is -0.378 e. The lowest BCUT2D eigenvalue weighted by Gasteiger charge is -2.57. The third-order valence-corrected chi connectivity index (χ3v) is 5.97. The number of nitrogens with one attached hydrogen (secondary N) is 1. The van der Waals surface area contributed by atoms with Crippen molar-refractivity contribution in [3.05, 3.63) is 24.3 Å². The number of carbonyl (C=O) groups excluding carboxylic acids is 2. The zero-order chi connectivity index (χ0) is 18.9. The molecule has 2 aliphatic rings. The number of carbonyl (C=O) groups is 2. The second kappa shape index (κ2) is 7.00. The summed E-state index contributed by atoms with van der Waals surface area (Å²) in [7, 11) is 0. The van der Waals surface area contributed by atoms with E-state index in [1.54, 1.807) is 4.90 Å². The Morgan fingerprint density at radius 1 is 1.38 bits per heavy atom. The molecule has 142 valence electrons. The van der Waals surface area contributed by atoms with Crippen molar-refractivity contribution in [2.45, 2.75) is 58.1 Å². The largest absolute Gasteiger partial charge is 0.378 e. The first-order valence-electron chi connectivity index (χ1n) is 9.42. The van der Waals surface area contributed by atoms with Crippen LogP contribution >= 0.6 is 0 Å². The lowest BCUT2D eigenvalue weighted by Crippen LogP contribution is -2.74. The first-order valence-corrected chi connectivity index (χ1v) is 9.42. The summed E-state index contributed by atoms with van der Waals surface area (Å²) in [5.74, 6) is -0.0738. The molecule has 0 spiro atoms. The predicted octanol–water partition coefficient (Wildman–Crippen LogP) is 2.67. The highest BCUT2D eigenvalue weighted by Gasteiger charge is 2.62. The minimum atomic E-state index is -0.968. The molecule has 1 aliphatic carbocycles. The minimum absolute atomic E-state index is 0.0134. The van der Waals surface area contributed by atoms with Gasteiger partial charge in [0.2, 0.25) is 11.8 Å². The van der Waals surface area contributed by atoms with Gasteiger partial charge in [-0.05, 0) is 38.0 Å². The van der Waals surface area contributed by atoms with Crippen molar-refractivity contribution >= 4 is 23.2 Å². The molecule has 1 aromatic carbocycles. The summed E-state index contributed by atoms with van der Waals surface area (Å²) in [6.45, 7) is 7.22. The topological polar surface area (TPSA) is 84.7 Å². The van der Waals surface area contributed by atoms with Crippen LogP contribution in [0.15, 0.2) is 24.3 Å². The molecule has 1 saturated heterocycles. The molecular formula is C20H29N3O3. The molecule has 1 aliphatic heterocycles. The molecular weight excluding hydrogens is 330 g/mol. The number of amides is 2. The van der Waals surface area contributed by atoms with Crippen LogP contribution in [0, 0.1) is 5.41 Å². The second-order valence-electron chi connectivity index (χ2n) is 7.85. The van der Waals surface area contributed by atoms with Gasteiger partial charge < -0.3 is 20.7 Å². The van der Waals surface area contributed by atoms with Gasteiger partial charge in [0.25, 0.3) is 0 Å². The first kappa shape index (κ1) is 18.9. The van der Waals surface area contributed by atoms with Crippen molar-refractivity contribution < 1.29 is 14.3 Å². The van der Waals surface area contributed by atoms with Crippen molar-refractivity contribution in [1.82, 2.24) is 0 Å². The third-order valence-electron chi connectivity index (χ3n) is 5.97. The Morgan fingerprint density at radius 2 is 2.15 bits per heavy atom. The van der Waals surface area contributed by atoms with Gasteiger partial charge in [0.1, 0.15) is 5.54 Å². The average Bonchev–Trinajstić information content (AvgIpc) is 2.62. The Labute approximate surface area is 155 Å². The van der Waals surface area contributed by atoms with E-state index in [2.05, 4.69) is 5.32 Å². The highest BCUT2D eigenvalue weighted by atomic mass is 16.5. The van der Waals surface area contributed by atoms with Crippen molar-refractivity contribution in [2.24, 2.45) is 11.1 Å². The van der Waals surface area contributed by atoms with Crippen LogP contribution in [0.3, 0.4) is 0 Å². The smallest absolute Gasteiger partial charge is 0.245 e. The van der Waals surface area contributed by atoms with E-state index in [4.69, 9.17) is 10.5 Å². The van der Waals surface area contributed by atoms with E-state index in [1.165, 1.54) is 0 Å². The van der Waals surface area contributed by atoms with E-state index in [-0.39, 0.29) is 17.9 Å². The summed E-state index contributed by atoms with van der Waals surface area (Å²) in [6, 6.07) is 7.42. The number of hydrogen-bond donors (Lipinski definition) is 2. The fourth-order valence-corrected chi connectivity index (χ4v) is 3.89. The average molecular weight is 359 g/mol. The van der Waals surface area contributed by atoms with E-state index in [0.29, 0.717) is 25.1 Å². The van der Waals surface area contributed by atoms with E-state index in [0.717, 1.165) is 25.1 Å². The van der Waals surface area contributed by atoms with Crippen LogP contribution in [-0.2, 0) is 14.3 Å². The van der Waals surface area contributed by atoms with Gasteiger partial charge in [-0.25, -0.2) is 0 Å². The molecule has 1 aromatic rings. The molecule has 1 heterocycles. The lowest BCUT2D eigenvalue weighted by atomic mass is 9.54. The number of ether oxygens (including phenoxy) is 1. The summed E-state index contributed by atoms with van der Waals surface area (Å²) >= 11 is 0. The quantitative estimate of drug-likeness (QED) is 0.846. The van der Waals surface area contributed by atoms with E-state index in [1.807, 2.05) is 45.0 Å². The van der Waals surface area contributed by atoms with Crippen LogP contribution in [0.2, 0.25) is 0 Å². The summed E-state index contributed by atoms with van der Waals surface area (Å²) in [5, 5.41) is 2.94. The molecule has 0 aromatic heterocycles. The molecule has 26 heavy (non-hydrogen) atoms. The van der Waals surface area contributed by atoms with Gasteiger partial charge >= 0.3 is 0 Å². The third kappa shape index (κ3) is 3.12. The summed E-state index contributed by atoms with van der Waals surface area (Å²) < 4.78 is 5.69. The van der Waals surface area contributed by atoms with Gasteiger partial charge in [-0.1, -0.05) is 19.9 Å². The maximum atomic E-state index is 12.9. The van der Waals surface area contributed by atoms with Crippen molar-refractivity contribution in [3.63, 3.8) is 0 Å². The monoisotopic (exact) mass is 359 g/mol. The maximum absolute atomic E-state index is 12.9. The number of rotatable bonds is 5. The second-order valence-corrected chi connectivity index (χ2v) is 7.85. The fraction of sp³-hybridized carbons (Fsp3) is 0.600. The molecule has 3 rings (SSSR count). The van der Waals surface area contributed by atoms with Gasteiger partial charge in [0.05, 0.1) is 6.10 Å². The van der Waals surface area contributed by atoms with Gasteiger partial charge in [0.15, 0.2) is 0 Å². The fourth-order valence-electron chi connectivity index (χ4n) is 3.89. The molecule has 6 heteroatoms. The van der Waals surface area contributed by atoms with Crippen LogP contribution in [0.1, 0.15) is 46.5 Å². The van der Waals surface area contributed by atoms with Crippen LogP contribution in [0.25, 0.3) is 0 Å². The Morgan fingerprint density at radius 3 is 2.81 bits per heavy atom. The normalized spacial score (nSPS) is 27.8. The maximum Gasteiger partial charge on any atom is 0.245 e. The summed E-state index contributed by atoms with van der Waals surface area (Å²) in [4.78, 5) is 26.8. The van der Waals surface area contributed by atoms with Gasteiger partial charge in [0, 0.05) is 42.8 Å². The molecule has 6 nitrogen and oxygen atoms in total. The zero-order valence-corrected chi connectivity index (χ0v) is 15.9. The summed E-state index contributed by atoms with van der Waals surface area (Å²) in [6.07, 6.45) is 3.01. The Hall–Kier alpha value is -1.92. The summed E-state index contributed by atoms with van der Waals surface area (Å²) in [5.41, 5.74) is 6.51. The number of benzene rings is 1. The number of nitrogens with two attached hydrogens (primary N) is 1. The Balaban J connectivity index is 1.72. The molecule has 2 atom stereocenters. The molecule has 2 unspecified atom stereocenters. The molecule has 0 radical (unpaired) electrons. The molecule has 0 bridgehead atoms. The van der Waals surface area contributed by atoms with Gasteiger partial charge in [-0.3, -0.25) is 9.59 Å². The SMILES string of the molecule is CCOC1CC(N)(C(=O)Nc2cccc(N3CCCCC3=O)c2)C1(C)C. The molecule has 3 N–H and O–H groups in total. The van der Waals surface area contributed by atoms with Gasteiger partial charge in [-0.15, -0.1) is 0 Å². The standard InChI is InChI=1S/C20H29N3O3/c1-4-26-16-13-20(21,19(16,2)3)18(25)22-14-8-7-9-15(12-14)23-11-6-5-10-17(23)24/h7-9,12,16H,4-6,10-11,13,21H2,1-3H3,(H,22,25). The number of hydrogen-bond acceptors (Lipinski definition) is 4.